The topological polar surface area (TPSA) is 135 Å². The van der Waals surface area contributed by atoms with Gasteiger partial charge >= 0.3 is 5.97 Å². The van der Waals surface area contributed by atoms with Crippen LogP contribution in [-0.4, -0.2) is 63.7 Å². The minimum atomic E-state index is -1.30. The zero-order valence-corrected chi connectivity index (χ0v) is 11.9. The Bertz CT molecular complexity index is 244. The van der Waals surface area contributed by atoms with E-state index in [1.807, 2.05) is 0 Å². The van der Waals surface area contributed by atoms with Gasteiger partial charge in [-0.1, -0.05) is 26.2 Å². The summed E-state index contributed by atoms with van der Waals surface area (Å²) in [6.07, 6.45) is 4.03. The Labute approximate surface area is 118 Å². The number of aliphatic hydroxyl groups excluding tert-OH is 4. The summed E-state index contributed by atoms with van der Waals surface area (Å²) in [5.41, 5.74) is -1.11. The van der Waals surface area contributed by atoms with E-state index in [0.29, 0.717) is 6.42 Å². The summed E-state index contributed by atoms with van der Waals surface area (Å²) >= 11 is 0. The molecule has 20 heavy (non-hydrogen) atoms. The largest absolute Gasteiger partial charge is 0.476 e. The number of ketones is 1. The molecule has 0 aliphatic carbocycles. The first-order chi connectivity index (χ1) is 9.42. The summed E-state index contributed by atoms with van der Waals surface area (Å²) in [6.45, 7) is 0.443. The monoisotopic (exact) mass is 294 g/mol. The first-order valence-electron chi connectivity index (χ1n) is 6.62. The first-order valence-corrected chi connectivity index (χ1v) is 6.62. The van der Waals surface area contributed by atoms with E-state index in [1.54, 1.807) is 0 Å². The van der Waals surface area contributed by atoms with Crippen molar-refractivity contribution < 1.29 is 35.1 Å². The SMILES string of the molecule is CCCCCCC(=O)C(=O)O.OCC(CO)(CO)CO. The molecule has 7 heteroatoms. The first kappa shape index (κ1) is 21.3. The van der Waals surface area contributed by atoms with Gasteiger partial charge in [0.1, 0.15) is 0 Å². The Morgan fingerprint density at radius 2 is 1.30 bits per heavy atom. The third-order valence-corrected chi connectivity index (χ3v) is 2.84. The molecule has 0 spiro atoms. The van der Waals surface area contributed by atoms with E-state index in [2.05, 4.69) is 6.92 Å². The molecule has 0 bridgehead atoms. The zero-order valence-electron chi connectivity index (χ0n) is 11.9. The molecule has 5 N–H and O–H groups in total. The molecule has 0 amide bonds. The van der Waals surface area contributed by atoms with E-state index in [9.17, 15) is 9.59 Å². The minimum Gasteiger partial charge on any atom is -0.476 e. The van der Waals surface area contributed by atoms with E-state index in [4.69, 9.17) is 25.5 Å². The van der Waals surface area contributed by atoms with Crippen molar-refractivity contribution in [3.8, 4) is 0 Å². The number of hydrogen-bond acceptors (Lipinski definition) is 6. The molecule has 0 fully saturated rings. The summed E-state index contributed by atoms with van der Waals surface area (Å²) in [7, 11) is 0. The van der Waals surface area contributed by atoms with E-state index < -0.39 is 43.6 Å². The van der Waals surface area contributed by atoms with Crippen LogP contribution in [-0.2, 0) is 9.59 Å². The van der Waals surface area contributed by atoms with Crippen molar-refractivity contribution in [3.05, 3.63) is 0 Å². The molecule has 0 radical (unpaired) electrons. The lowest BCUT2D eigenvalue weighted by atomic mass is 9.93. The molecule has 120 valence electrons. The van der Waals surface area contributed by atoms with Gasteiger partial charge in [-0.25, -0.2) is 4.79 Å². The van der Waals surface area contributed by atoms with Gasteiger partial charge in [0.05, 0.1) is 31.8 Å². The number of aliphatic hydroxyl groups is 4. The van der Waals surface area contributed by atoms with E-state index in [0.717, 1.165) is 19.3 Å². The van der Waals surface area contributed by atoms with Crippen LogP contribution in [0.2, 0.25) is 0 Å². The number of Topliss-reactive ketones (excluding diaryl/α,β-unsaturated/α-hetero) is 1. The molecule has 0 heterocycles. The van der Waals surface area contributed by atoms with Crippen molar-refractivity contribution in [2.24, 2.45) is 5.41 Å². The van der Waals surface area contributed by atoms with Crippen LogP contribution in [0.15, 0.2) is 0 Å². The van der Waals surface area contributed by atoms with Gasteiger partial charge in [0, 0.05) is 6.42 Å². The predicted octanol–water partition coefficient (Wildman–Crippen LogP) is -0.447. The highest BCUT2D eigenvalue weighted by atomic mass is 16.4. The van der Waals surface area contributed by atoms with Gasteiger partial charge in [-0.2, -0.15) is 0 Å². The fraction of sp³-hybridized carbons (Fsp3) is 0.846. The predicted molar refractivity (Wildman–Crippen MR) is 72.2 cm³/mol. The number of aliphatic carboxylic acids is 1. The summed E-state index contributed by atoms with van der Waals surface area (Å²) in [5, 5.41) is 42.2. The number of carbonyl (C=O) groups excluding carboxylic acids is 1. The van der Waals surface area contributed by atoms with Crippen molar-refractivity contribution >= 4 is 11.8 Å². The van der Waals surface area contributed by atoms with Crippen molar-refractivity contribution in [1.29, 1.82) is 0 Å². The standard InChI is InChI=1S/C8H14O3.C5H12O4/c1-2-3-4-5-6-7(9)8(10)11;6-1-5(2-7,3-8)4-9/h2-6H2,1H3,(H,10,11);6-9H,1-4H2. The third-order valence-electron chi connectivity index (χ3n) is 2.84. The van der Waals surface area contributed by atoms with Gasteiger partial charge in [-0.05, 0) is 6.42 Å². The fourth-order valence-electron chi connectivity index (χ4n) is 1.12. The Morgan fingerprint density at radius 3 is 1.55 bits per heavy atom. The molecule has 0 unspecified atom stereocenters. The Kier molecular flexibility index (Phi) is 13.8. The minimum absolute atomic E-state index is 0.190. The molecule has 0 aromatic rings. The lowest BCUT2D eigenvalue weighted by molar-refractivity contribution is -0.149. The summed E-state index contributed by atoms with van der Waals surface area (Å²) in [6, 6.07) is 0. The lowest BCUT2D eigenvalue weighted by Gasteiger charge is -2.23. The van der Waals surface area contributed by atoms with Crippen LogP contribution in [0.5, 0.6) is 0 Å². The number of hydrogen-bond donors (Lipinski definition) is 5. The van der Waals surface area contributed by atoms with Crippen LogP contribution in [0.4, 0.5) is 0 Å². The summed E-state index contributed by atoms with van der Waals surface area (Å²) in [4.78, 5) is 20.5. The molecular weight excluding hydrogens is 268 g/mol. The Hall–Kier alpha value is -1.02. The molecule has 7 nitrogen and oxygen atoms in total. The summed E-state index contributed by atoms with van der Waals surface area (Å²) < 4.78 is 0. The number of rotatable bonds is 10. The molecule has 0 aromatic heterocycles. The molecule has 0 atom stereocenters. The van der Waals surface area contributed by atoms with E-state index in [-0.39, 0.29) is 6.42 Å². The highest BCUT2D eigenvalue weighted by Crippen LogP contribution is 2.11. The van der Waals surface area contributed by atoms with E-state index >= 15 is 0 Å². The van der Waals surface area contributed by atoms with Crippen LogP contribution in [0.25, 0.3) is 0 Å². The molecule has 0 saturated carbocycles. The van der Waals surface area contributed by atoms with Gasteiger partial charge in [0.15, 0.2) is 0 Å². The van der Waals surface area contributed by atoms with Gasteiger partial charge < -0.3 is 25.5 Å². The molecule has 0 saturated heterocycles. The highest BCUT2D eigenvalue weighted by molar-refractivity contribution is 6.32. The van der Waals surface area contributed by atoms with Gasteiger partial charge in [-0.15, -0.1) is 0 Å². The molecule has 0 aromatic carbocycles. The average molecular weight is 294 g/mol. The van der Waals surface area contributed by atoms with Crippen LogP contribution >= 0.6 is 0 Å². The number of carbonyl (C=O) groups is 2. The Morgan fingerprint density at radius 1 is 0.850 bits per heavy atom. The maximum absolute atomic E-state index is 10.5. The second kappa shape index (κ2) is 13.0. The molecule has 0 rings (SSSR count). The van der Waals surface area contributed by atoms with Gasteiger partial charge in [0.25, 0.3) is 0 Å². The molecular formula is C13H26O7. The maximum Gasteiger partial charge on any atom is 0.372 e. The summed E-state index contributed by atoms with van der Waals surface area (Å²) in [5.74, 6) is -1.97. The van der Waals surface area contributed by atoms with Gasteiger partial charge in [0.2, 0.25) is 5.78 Å². The van der Waals surface area contributed by atoms with Crippen LogP contribution in [0, 0.1) is 5.41 Å². The van der Waals surface area contributed by atoms with Crippen molar-refractivity contribution in [2.45, 2.75) is 39.0 Å². The van der Waals surface area contributed by atoms with Crippen molar-refractivity contribution in [2.75, 3.05) is 26.4 Å². The van der Waals surface area contributed by atoms with Crippen LogP contribution in [0.3, 0.4) is 0 Å². The van der Waals surface area contributed by atoms with Crippen LogP contribution < -0.4 is 0 Å². The van der Waals surface area contributed by atoms with Gasteiger partial charge in [-0.3, -0.25) is 4.79 Å². The van der Waals surface area contributed by atoms with Crippen molar-refractivity contribution in [1.82, 2.24) is 0 Å². The normalized spacial score (nSPS) is 10.7. The smallest absolute Gasteiger partial charge is 0.372 e. The quantitative estimate of drug-likeness (QED) is 0.272. The zero-order chi connectivity index (χ0) is 16.0. The second-order valence-electron chi connectivity index (χ2n) is 4.67. The third kappa shape index (κ3) is 9.85. The van der Waals surface area contributed by atoms with Crippen LogP contribution in [0.1, 0.15) is 39.0 Å². The fourth-order valence-corrected chi connectivity index (χ4v) is 1.12. The number of unbranched alkanes of at least 4 members (excludes halogenated alkanes) is 3. The average Bonchev–Trinajstić information content (AvgIpc) is 2.47. The highest BCUT2D eigenvalue weighted by Gasteiger charge is 2.26. The lowest BCUT2D eigenvalue weighted by Crippen LogP contribution is -2.37. The van der Waals surface area contributed by atoms with Crippen molar-refractivity contribution in [3.63, 3.8) is 0 Å². The van der Waals surface area contributed by atoms with E-state index in [1.165, 1.54) is 0 Å². The maximum atomic E-state index is 10.5. The molecule has 0 aliphatic rings. The molecule has 0 aliphatic heterocycles. The Balaban J connectivity index is 0. The number of carboxylic acid groups (broad SMARTS) is 1. The second-order valence-corrected chi connectivity index (χ2v) is 4.67. The number of carboxylic acids is 1.